The number of ether oxygens (including phenoxy) is 2. The van der Waals surface area contributed by atoms with Crippen molar-refractivity contribution >= 4 is 0 Å². The van der Waals surface area contributed by atoms with Crippen LogP contribution in [0.1, 0.15) is 39.0 Å². The molecular weight excluding hydrogens is 240 g/mol. The van der Waals surface area contributed by atoms with E-state index in [1.807, 2.05) is 0 Å². The van der Waals surface area contributed by atoms with Crippen molar-refractivity contribution in [1.29, 1.82) is 0 Å². The summed E-state index contributed by atoms with van der Waals surface area (Å²) in [6.07, 6.45) is 6.00. The summed E-state index contributed by atoms with van der Waals surface area (Å²) < 4.78 is 11.6. The average Bonchev–Trinajstić information content (AvgIpc) is 2.87. The molecule has 19 heavy (non-hydrogen) atoms. The lowest BCUT2D eigenvalue weighted by Gasteiger charge is -2.45. The van der Waals surface area contributed by atoms with E-state index in [4.69, 9.17) is 15.2 Å². The highest BCUT2D eigenvalue weighted by atomic mass is 16.6. The minimum Gasteiger partial charge on any atom is -0.378 e. The molecule has 0 aromatic heterocycles. The molecule has 110 valence electrons. The first-order valence-electron chi connectivity index (χ1n) is 7.90. The molecule has 1 spiro atoms. The maximum Gasteiger partial charge on any atom is 0.0951 e. The fourth-order valence-corrected chi connectivity index (χ4v) is 3.98. The standard InChI is InChI=1S/C15H28N2O2/c1-12(16)13-3-2-6-17(10-13)14-4-7-19-15(9-14)5-8-18-11-15/h12-14H,2-11,16H2,1H3. The van der Waals surface area contributed by atoms with Crippen LogP contribution in [0.15, 0.2) is 0 Å². The van der Waals surface area contributed by atoms with Crippen LogP contribution in [0.4, 0.5) is 0 Å². The van der Waals surface area contributed by atoms with Crippen LogP contribution in [0.5, 0.6) is 0 Å². The van der Waals surface area contributed by atoms with Gasteiger partial charge in [-0.05, 0) is 45.1 Å². The molecule has 0 bridgehead atoms. The summed E-state index contributed by atoms with van der Waals surface area (Å²) in [5.74, 6) is 0.673. The van der Waals surface area contributed by atoms with Crippen LogP contribution in [0.25, 0.3) is 0 Å². The van der Waals surface area contributed by atoms with Gasteiger partial charge in [-0.15, -0.1) is 0 Å². The maximum atomic E-state index is 6.10. The van der Waals surface area contributed by atoms with Crippen molar-refractivity contribution < 1.29 is 9.47 Å². The molecule has 0 saturated carbocycles. The van der Waals surface area contributed by atoms with Crippen molar-refractivity contribution in [2.45, 2.75) is 56.7 Å². The smallest absolute Gasteiger partial charge is 0.0951 e. The van der Waals surface area contributed by atoms with Gasteiger partial charge in [0.15, 0.2) is 0 Å². The third-order valence-corrected chi connectivity index (χ3v) is 5.28. The van der Waals surface area contributed by atoms with Gasteiger partial charge >= 0.3 is 0 Å². The Morgan fingerprint density at radius 1 is 1.32 bits per heavy atom. The first-order chi connectivity index (χ1) is 9.19. The molecule has 0 amide bonds. The van der Waals surface area contributed by atoms with Crippen LogP contribution in [0.3, 0.4) is 0 Å². The summed E-state index contributed by atoms with van der Waals surface area (Å²) in [5.41, 5.74) is 6.14. The summed E-state index contributed by atoms with van der Waals surface area (Å²) >= 11 is 0. The van der Waals surface area contributed by atoms with Crippen LogP contribution in [0, 0.1) is 5.92 Å². The van der Waals surface area contributed by atoms with Crippen molar-refractivity contribution in [3.63, 3.8) is 0 Å². The Morgan fingerprint density at radius 2 is 2.21 bits per heavy atom. The average molecular weight is 268 g/mol. The fourth-order valence-electron chi connectivity index (χ4n) is 3.98. The second kappa shape index (κ2) is 5.68. The molecule has 3 aliphatic heterocycles. The molecule has 3 heterocycles. The maximum absolute atomic E-state index is 6.10. The molecule has 0 radical (unpaired) electrons. The molecule has 3 fully saturated rings. The van der Waals surface area contributed by atoms with E-state index in [9.17, 15) is 0 Å². The van der Waals surface area contributed by atoms with Gasteiger partial charge < -0.3 is 15.2 Å². The van der Waals surface area contributed by atoms with E-state index < -0.39 is 0 Å². The van der Waals surface area contributed by atoms with Crippen molar-refractivity contribution in [2.75, 3.05) is 32.9 Å². The molecule has 3 saturated heterocycles. The quantitative estimate of drug-likeness (QED) is 0.822. The minimum absolute atomic E-state index is 0.0319. The third kappa shape index (κ3) is 2.97. The lowest BCUT2D eigenvalue weighted by molar-refractivity contribution is -0.110. The van der Waals surface area contributed by atoms with Gasteiger partial charge in [-0.25, -0.2) is 0 Å². The third-order valence-electron chi connectivity index (χ3n) is 5.28. The summed E-state index contributed by atoms with van der Waals surface area (Å²) in [6, 6.07) is 1.00. The highest BCUT2D eigenvalue weighted by Crippen LogP contribution is 2.36. The van der Waals surface area contributed by atoms with E-state index in [0.717, 1.165) is 32.7 Å². The Bertz CT molecular complexity index is 303. The zero-order valence-electron chi connectivity index (χ0n) is 12.1. The summed E-state index contributed by atoms with van der Waals surface area (Å²) in [4.78, 5) is 2.68. The van der Waals surface area contributed by atoms with E-state index >= 15 is 0 Å². The summed E-state index contributed by atoms with van der Waals surface area (Å²) in [5, 5.41) is 0. The molecule has 3 rings (SSSR count). The second-order valence-corrected chi connectivity index (χ2v) is 6.74. The van der Waals surface area contributed by atoms with Crippen LogP contribution in [-0.2, 0) is 9.47 Å². The van der Waals surface area contributed by atoms with E-state index in [1.54, 1.807) is 0 Å². The van der Waals surface area contributed by atoms with E-state index in [-0.39, 0.29) is 5.60 Å². The molecule has 0 aromatic carbocycles. The monoisotopic (exact) mass is 268 g/mol. The highest BCUT2D eigenvalue weighted by molar-refractivity contribution is 4.95. The van der Waals surface area contributed by atoms with Gasteiger partial charge in [0.2, 0.25) is 0 Å². The van der Waals surface area contributed by atoms with Gasteiger partial charge in [-0.2, -0.15) is 0 Å². The molecule has 4 nitrogen and oxygen atoms in total. The molecule has 4 unspecified atom stereocenters. The first kappa shape index (κ1) is 13.8. The number of likely N-dealkylation sites (tertiary alicyclic amines) is 1. The van der Waals surface area contributed by atoms with Gasteiger partial charge in [0.1, 0.15) is 0 Å². The largest absolute Gasteiger partial charge is 0.378 e. The number of hydrogen-bond acceptors (Lipinski definition) is 4. The molecule has 3 aliphatic rings. The Morgan fingerprint density at radius 3 is 2.95 bits per heavy atom. The molecule has 4 heteroatoms. The first-order valence-corrected chi connectivity index (χ1v) is 7.90. The number of nitrogens with two attached hydrogens (primary N) is 1. The zero-order chi connectivity index (χ0) is 13.3. The fraction of sp³-hybridized carbons (Fsp3) is 1.00. The predicted octanol–water partition coefficient (Wildman–Crippen LogP) is 1.38. The highest BCUT2D eigenvalue weighted by Gasteiger charge is 2.43. The molecule has 0 aromatic rings. The van der Waals surface area contributed by atoms with Crippen molar-refractivity contribution in [3.05, 3.63) is 0 Å². The van der Waals surface area contributed by atoms with E-state index in [1.165, 1.54) is 32.4 Å². The van der Waals surface area contributed by atoms with Crippen LogP contribution in [-0.4, -0.2) is 55.5 Å². The zero-order valence-corrected chi connectivity index (χ0v) is 12.1. The summed E-state index contributed by atoms with van der Waals surface area (Å²) in [7, 11) is 0. The molecule has 4 atom stereocenters. The second-order valence-electron chi connectivity index (χ2n) is 6.74. The van der Waals surface area contributed by atoms with Crippen LogP contribution in [0.2, 0.25) is 0 Å². The van der Waals surface area contributed by atoms with Crippen molar-refractivity contribution in [3.8, 4) is 0 Å². The molecule has 2 N–H and O–H groups in total. The number of piperidine rings is 1. The molecule has 0 aliphatic carbocycles. The van der Waals surface area contributed by atoms with Gasteiger partial charge in [0.25, 0.3) is 0 Å². The number of hydrogen-bond donors (Lipinski definition) is 1. The van der Waals surface area contributed by atoms with Crippen molar-refractivity contribution in [2.24, 2.45) is 11.7 Å². The Hall–Kier alpha value is -0.160. The van der Waals surface area contributed by atoms with Gasteiger partial charge in [0, 0.05) is 38.3 Å². The molecular formula is C15H28N2O2. The SMILES string of the molecule is CC(N)C1CCCN(C2CCOC3(CCOC3)C2)C1. The Kier molecular flexibility index (Phi) is 4.13. The van der Waals surface area contributed by atoms with Gasteiger partial charge in [0.05, 0.1) is 12.2 Å². The Balaban J connectivity index is 1.61. The lowest BCUT2D eigenvalue weighted by atomic mass is 9.85. The van der Waals surface area contributed by atoms with Crippen LogP contribution >= 0.6 is 0 Å². The summed E-state index contributed by atoms with van der Waals surface area (Å²) in [6.45, 7) is 7.14. The minimum atomic E-state index is 0.0319. The lowest BCUT2D eigenvalue weighted by Crippen LogP contribution is -2.53. The number of nitrogens with zero attached hydrogens (tertiary/aromatic N) is 1. The van der Waals surface area contributed by atoms with Gasteiger partial charge in [-0.1, -0.05) is 0 Å². The van der Waals surface area contributed by atoms with E-state index in [2.05, 4.69) is 11.8 Å². The Labute approximate surface area is 116 Å². The predicted molar refractivity (Wildman–Crippen MR) is 75.1 cm³/mol. The van der Waals surface area contributed by atoms with Crippen LogP contribution < -0.4 is 5.73 Å². The van der Waals surface area contributed by atoms with E-state index in [0.29, 0.717) is 18.0 Å². The normalized spacial score (nSPS) is 42.6. The van der Waals surface area contributed by atoms with Gasteiger partial charge in [-0.3, -0.25) is 4.90 Å². The van der Waals surface area contributed by atoms with Crippen molar-refractivity contribution in [1.82, 2.24) is 4.90 Å². The number of rotatable bonds is 2. The topological polar surface area (TPSA) is 47.7 Å².